The van der Waals surface area contributed by atoms with Crippen molar-refractivity contribution in [1.82, 2.24) is 9.80 Å². The van der Waals surface area contributed by atoms with Gasteiger partial charge < -0.3 is 9.80 Å². The van der Waals surface area contributed by atoms with E-state index in [1.165, 1.54) is 68.6 Å². The summed E-state index contributed by atoms with van der Waals surface area (Å²) in [6, 6.07) is 9.43. The van der Waals surface area contributed by atoms with Crippen LogP contribution in [0, 0.1) is 0 Å². The molecule has 0 amide bonds. The van der Waals surface area contributed by atoms with Crippen molar-refractivity contribution in [1.29, 1.82) is 0 Å². The second kappa shape index (κ2) is 6.65. The standard InChI is InChI=1S/C19H28N2/c1-3-4-7-12-20-13-10-18(11-14-20)21-15-17-8-5-6-9-19(17)16(21)2/h5-6,8-9,18H,2-4,7,10-15H2,1H3. The molecule has 0 bridgehead atoms. The summed E-state index contributed by atoms with van der Waals surface area (Å²) < 4.78 is 0. The van der Waals surface area contributed by atoms with Crippen LogP contribution >= 0.6 is 0 Å². The minimum atomic E-state index is 0.687. The molecule has 0 atom stereocenters. The molecule has 2 aliphatic rings. The highest BCUT2D eigenvalue weighted by atomic mass is 15.2. The Morgan fingerprint density at radius 2 is 1.90 bits per heavy atom. The maximum Gasteiger partial charge on any atom is 0.0439 e. The van der Waals surface area contributed by atoms with E-state index in [1.807, 2.05) is 0 Å². The van der Waals surface area contributed by atoms with Crippen LogP contribution in [0.3, 0.4) is 0 Å². The molecular weight excluding hydrogens is 256 g/mol. The first-order valence-corrected chi connectivity index (χ1v) is 8.55. The van der Waals surface area contributed by atoms with Crippen molar-refractivity contribution in [2.45, 2.75) is 51.6 Å². The van der Waals surface area contributed by atoms with Gasteiger partial charge in [0.25, 0.3) is 0 Å². The zero-order valence-corrected chi connectivity index (χ0v) is 13.4. The fraction of sp³-hybridized carbons (Fsp3) is 0.579. The van der Waals surface area contributed by atoms with Crippen LogP contribution in [0.4, 0.5) is 0 Å². The Hall–Kier alpha value is -1.28. The summed E-state index contributed by atoms with van der Waals surface area (Å²) in [6.45, 7) is 11.5. The van der Waals surface area contributed by atoms with Crippen LogP contribution in [-0.2, 0) is 6.54 Å². The maximum atomic E-state index is 4.34. The molecule has 0 N–H and O–H groups in total. The van der Waals surface area contributed by atoms with Gasteiger partial charge in [0.1, 0.15) is 0 Å². The molecule has 21 heavy (non-hydrogen) atoms. The fourth-order valence-corrected chi connectivity index (χ4v) is 3.76. The zero-order chi connectivity index (χ0) is 14.7. The monoisotopic (exact) mass is 284 g/mol. The zero-order valence-electron chi connectivity index (χ0n) is 13.4. The van der Waals surface area contributed by atoms with Crippen LogP contribution in [0.2, 0.25) is 0 Å². The van der Waals surface area contributed by atoms with E-state index in [0.29, 0.717) is 6.04 Å². The van der Waals surface area contributed by atoms with Gasteiger partial charge >= 0.3 is 0 Å². The first-order chi connectivity index (χ1) is 10.3. The minimum Gasteiger partial charge on any atom is -0.364 e. The first kappa shape index (κ1) is 14.6. The SMILES string of the molecule is C=C1c2ccccc2CN1C1CCN(CCCCC)CC1. The predicted molar refractivity (Wildman–Crippen MR) is 90.0 cm³/mol. The van der Waals surface area contributed by atoms with E-state index < -0.39 is 0 Å². The molecule has 1 aromatic rings. The van der Waals surface area contributed by atoms with Gasteiger partial charge in [-0.1, -0.05) is 50.6 Å². The van der Waals surface area contributed by atoms with E-state index in [4.69, 9.17) is 0 Å². The molecular formula is C19H28N2. The van der Waals surface area contributed by atoms with Crippen LogP contribution in [0.5, 0.6) is 0 Å². The number of nitrogens with zero attached hydrogens (tertiary/aromatic N) is 2. The number of unbranched alkanes of at least 4 members (excludes halogenated alkanes) is 2. The van der Waals surface area contributed by atoms with Crippen molar-refractivity contribution in [3.05, 3.63) is 42.0 Å². The van der Waals surface area contributed by atoms with E-state index in [0.717, 1.165) is 6.54 Å². The highest BCUT2D eigenvalue weighted by Crippen LogP contribution is 2.35. The molecule has 3 rings (SSSR count). The van der Waals surface area contributed by atoms with Gasteiger partial charge in [0.05, 0.1) is 0 Å². The average Bonchev–Trinajstić information content (AvgIpc) is 2.86. The normalized spacial score (nSPS) is 20.0. The van der Waals surface area contributed by atoms with Crippen molar-refractivity contribution >= 4 is 5.70 Å². The van der Waals surface area contributed by atoms with Crippen LogP contribution in [-0.4, -0.2) is 35.5 Å². The molecule has 0 unspecified atom stereocenters. The van der Waals surface area contributed by atoms with Gasteiger partial charge in [0.2, 0.25) is 0 Å². The largest absolute Gasteiger partial charge is 0.364 e. The Bertz CT molecular complexity index is 486. The Kier molecular flexibility index (Phi) is 4.64. The number of hydrogen-bond donors (Lipinski definition) is 0. The molecule has 0 aliphatic carbocycles. The Morgan fingerprint density at radius 3 is 2.62 bits per heavy atom. The summed E-state index contributed by atoms with van der Waals surface area (Å²) in [4.78, 5) is 5.20. The number of hydrogen-bond acceptors (Lipinski definition) is 2. The Balaban J connectivity index is 1.53. The minimum absolute atomic E-state index is 0.687. The number of benzene rings is 1. The topological polar surface area (TPSA) is 6.48 Å². The average molecular weight is 284 g/mol. The van der Waals surface area contributed by atoms with Crippen molar-refractivity contribution < 1.29 is 0 Å². The van der Waals surface area contributed by atoms with Crippen LogP contribution in [0.25, 0.3) is 5.70 Å². The smallest absolute Gasteiger partial charge is 0.0439 e. The van der Waals surface area contributed by atoms with Crippen LogP contribution < -0.4 is 0 Å². The van der Waals surface area contributed by atoms with Gasteiger partial charge in [-0.2, -0.15) is 0 Å². The number of rotatable bonds is 5. The lowest BCUT2D eigenvalue weighted by Gasteiger charge is -2.38. The highest BCUT2D eigenvalue weighted by molar-refractivity contribution is 5.69. The third kappa shape index (κ3) is 3.16. The molecule has 114 valence electrons. The maximum absolute atomic E-state index is 4.34. The fourth-order valence-electron chi connectivity index (χ4n) is 3.76. The molecule has 1 aromatic carbocycles. The van der Waals surface area contributed by atoms with Gasteiger partial charge in [-0.15, -0.1) is 0 Å². The van der Waals surface area contributed by atoms with Gasteiger partial charge in [-0.3, -0.25) is 0 Å². The van der Waals surface area contributed by atoms with Crippen LogP contribution in [0.1, 0.15) is 50.2 Å². The highest BCUT2D eigenvalue weighted by Gasteiger charge is 2.30. The lowest BCUT2D eigenvalue weighted by molar-refractivity contribution is 0.146. The second-order valence-corrected chi connectivity index (χ2v) is 6.51. The van der Waals surface area contributed by atoms with E-state index >= 15 is 0 Å². The third-order valence-electron chi connectivity index (χ3n) is 5.09. The quantitative estimate of drug-likeness (QED) is 0.750. The molecule has 0 saturated carbocycles. The summed E-state index contributed by atoms with van der Waals surface area (Å²) in [5.74, 6) is 0. The summed E-state index contributed by atoms with van der Waals surface area (Å²) in [5, 5.41) is 0. The molecule has 2 heterocycles. The van der Waals surface area contributed by atoms with Crippen molar-refractivity contribution in [2.75, 3.05) is 19.6 Å². The Labute approximate surface area is 129 Å². The van der Waals surface area contributed by atoms with Crippen molar-refractivity contribution in [2.24, 2.45) is 0 Å². The molecule has 0 radical (unpaired) electrons. The number of likely N-dealkylation sites (tertiary alicyclic amines) is 1. The number of fused-ring (bicyclic) bond motifs is 1. The summed E-state index contributed by atoms with van der Waals surface area (Å²) in [6.07, 6.45) is 6.64. The molecule has 1 saturated heterocycles. The third-order valence-corrected chi connectivity index (χ3v) is 5.09. The van der Waals surface area contributed by atoms with Gasteiger partial charge in [0.15, 0.2) is 0 Å². The summed E-state index contributed by atoms with van der Waals surface area (Å²) in [5.41, 5.74) is 4.06. The van der Waals surface area contributed by atoms with Gasteiger partial charge in [-0.25, -0.2) is 0 Å². The van der Waals surface area contributed by atoms with Crippen molar-refractivity contribution in [3.63, 3.8) is 0 Å². The molecule has 2 aliphatic heterocycles. The first-order valence-electron chi connectivity index (χ1n) is 8.55. The van der Waals surface area contributed by atoms with E-state index in [9.17, 15) is 0 Å². The van der Waals surface area contributed by atoms with E-state index in [1.54, 1.807) is 0 Å². The van der Waals surface area contributed by atoms with Crippen LogP contribution in [0.15, 0.2) is 30.8 Å². The summed E-state index contributed by atoms with van der Waals surface area (Å²) >= 11 is 0. The summed E-state index contributed by atoms with van der Waals surface area (Å²) in [7, 11) is 0. The Morgan fingerprint density at radius 1 is 1.14 bits per heavy atom. The molecule has 2 nitrogen and oxygen atoms in total. The molecule has 2 heteroatoms. The van der Waals surface area contributed by atoms with Gasteiger partial charge in [-0.05, 0) is 31.4 Å². The number of piperidine rings is 1. The van der Waals surface area contributed by atoms with Gasteiger partial charge in [0, 0.05) is 36.9 Å². The lowest BCUT2D eigenvalue weighted by atomic mass is 10.0. The predicted octanol–water partition coefficient (Wildman–Crippen LogP) is 4.13. The molecule has 0 aromatic heterocycles. The lowest BCUT2D eigenvalue weighted by Crippen LogP contribution is -2.42. The van der Waals surface area contributed by atoms with Crippen molar-refractivity contribution in [3.8, 4) is 0 Å². The molecule has 1 fully saturated rings. The van der Waals surface area contributed by atoms with E-state index in [-0.39, 0.29) is 0 Å². The molecule has 0 spiro atoms. The second-order valence-electron chi connectivity index (χ2n) is 6.51. The van der Waals surface area contributed by atoms with E-state index in [2.05, 4.69) is 47.6 Å².